The Bertz CT molecular complexity index is 872. The molecule has 3 unspecified atom stereocenters. The molecule has 0 N–H and O–H groups in total. The summed E-state index contributed by atoms with van der Waals surface area (Å²) in [6, 6.07) is 8.68. The van der Waals surface area contributed by atoms with E-state index in [4.69, 9.17) is 28.3 Å². The van der Waals surface area contributed by atoms with Crippen molar-refractivity contribution in [3.63, 3.8) is 0 Å². The monoisotopic (exact) mass is 609 g/mol. The molecule has 3 atom stereocenters. The summed E-state index contributed by atoms with van der Waals surface area (Å²) in [6.07, 6.45) is 1.99. The number of ether oxygens (including phenoxy) is 1. The first-order valence-electron chi connectivity index (χ1n) is 11.9. The number of esters is 1. The second kappa shape index (κ2) is 14.9. The predicted molar refractivity (Wildman–Crippen MR) is 158 cm³/mol. The molecular formula is C22H42O6PS2Si4. The van der Waals surface area contributed by atoms with Crippen LogP contribution in [0.5, 0.6) is 0 Å². The summed E-state index contributed by atoms with van der Waals surface area (Å²) < 4.78 is 24.8. The molecule has 13 heteroatoms. The van der Waals surface area contributed by atoms with Gasteiger partial charge in [0, 0.05) is 30.1 Å². The van der Waals surface area contributed by atoms with E-state index in [2.05, 4.69) is 45.8 Å². The molecule has 0 saturated heterocycles. The lowest BCUT2D eigenvalue weighted by molar-refractivity contribution is -0.152. The molecule has 0 saturated carbocycles. The Kier molecular flexibility index (Phi) is 14.1. The Balaban J connectivity index is 2.64. The van der Waals surface area contributed by atoms with Crippen LogP contribution in [0, 0.1) is 5.92 Å². The Labute approximate surface area is 226 Å². The number of hydrogen-bond donors (Lipinski definition) is 0. The molecule has 35 heavy (non-hydrogen) atoms. The fourth-order valence-electron chi connectivity index (χ4n) is 3.69. The fourth-order valence-corrected chi connectivity index (χ4v) is 19.5. The topological polar surface area (TPSA) is 77.1 Å². The van der Waals surface area contributed by atoms with Crippen LogP contribution in [0.2, 0.25) is 58.4 Å². The molecule has 0 spiro atoms. The average Bonchev–Trinajstić information content (AvgIpc) is 2.69. The lowest BCUT2D eigenvalue weighted by Gasteiger charge is -2.37. The minimum absolute atomic E-state index is 0.218. The highest BCUT2D eigenvalue weighted by molar-refractivity contribution is 8.33. The summed E-state index contributed by atoms with van der Waals surface area (Å²) in [5.74, 6) is -0.527. The van der Waals surface area contributed by atoms with Crippen LogP contribution in [0.4, 0.5) is 0 Å². The Morgan fingerprint density at radius 2 is 1.57 bits per heavy atom. The molecule has 1 rings (SSSR count). The van der Waals surface area contributed by atoms with E-state index in [1.54, 1.807) is 0 Å². The SMILES string of the molecule is CC(C[Si](C)(O[Si](C)O[Si](C)(C)C)O[Si](C)(C)C)C(=O)OCCc1ccc(CC[P+]([O-])=S=S)cc1. The van der Waals surface area contributed by atoms with Crippen LogP contribution in [0.15, 0.2) is 24.3 Å². The molecule has 6 nitrogen and oxygen atoms in total. The summed E-state index contributed by atoms with van der Waals surface area (Å²) in [6.45, 7) is 17.9. The summed E-state index contributed by atoms with van der Waals surface area (Å²) >= 11 is 4.77. The van der Waals surface area contributed by atoms with Crippen LogP contribution in [0.1, 0.15) is 18.1 Å². The fraction of sp³-hybridized carbons (Fsp3) is 0.682. The van der Waals surface area contributed by atoms with Gasteiger partial charge >= 0.3 is 23.8 Å². The van der Waals surface area contributed by atoms with Gasteiger partial charge in [0.1, 0.15) is 22.6 Å². The lowest BCUT2D eigenvalue weighted by atomic mass is 10.1. The molecule has 1 aromatic rings. The van der Waals surface area contributed by atoms with Crippen molar-refractivity contribution in [2.24, 2.45) is 5.92 Å². The first-order valence-corrected chi connectivity index (χ1v) is 26.9. The van der Waals surface area contributed by atoms with Crippen LogP contribution < -0.4 is 4.89 Å². The number of carbonyl (C=O) groups is 1. The van der Waals surface area contributed by atoms with Gasteiger partial charge in [-0.05, 0) is 63.5 Å². The van der Waals surface area contributed by atoms with E-state index in [1.165, 1.54) is 0 Å². The third-order valence-electron chi connectivity index (χ3n) is 4.74. The minimum Gasteiger partial charge on any atom is -0.620 e. The zero-order valence-electron chi connectivity index (χ0n) is 22.6. The van der Waals surface area contributed by atoms with Gasteiger partial charge in [-0.2, -0.15) is 0 Å². The lowest BCUT2D eigenvalue weighted by Crippen LogP contribution is -2.53. The van der Waals surface area contributed by atoms with Gasteiger partial charge in [0.15, 0.2) is 16.6 Å². The zero-order chi connectivity index (χ0) is 26.9. The number of rotatable bonds is 15. The highest BCUT2D eigenvalue weighted by Gasteiger charge is 2.42. The Hall–Kier alpha value is 0.138. The second-order valence-corrected chi connectivity index (χ2v) is 29.7. The molecule has 0 fully saturated rings. The predicted octanol–water partition coefficient (Wildman–Crippen LogP) is 5.08. The molecule has 0 aliphatic rings. The maximum absolute atomic E-state index is 12.8. The summed E-state index contributed by atoms with van der Waals surface area (Å²) in [5.41, 5.74) is 2.23. The highest BCUT2D eigenvalue weighted by atomic mass is 32.9. The molecule has 1 radical (unpaired) electrons. The molecule has 0 aliphatic heterocycles. The van der Waals surface area contributed by atoms with Gasteiger partial charge < -0.3 is 22.0 Å². The van der Waals surface area contributed by atoms with Crippen molar-refractivity contribution < 1.29 is 26.8 Å². The smallest absolute Gasteiger partial charge is 0.360 e. The van der Waals surface area contributed by atoms with E-state index >= 15 is 0 Å². The van der Waals surface area contributed by atoms with E-state index in [-0.39, 0.29) is 11.9 Å². The van der Waals surface area contributed by atoms with Crippen molar-refractivity contribution in [1.29, 1.82) is 0 Å². The quantitative estimate of drug-likeness (QED) is 0.156. The van der Waals surface area contributed by atoms with E-state index in [0.717, 1.165) is 27.0 Å². The van der Waals surface area contributed by atoms with Gasteiger partial charge in [-0.1, -0.05) is 31.2 Å². The molecule has 0 amide bonds. The molecule has 0 aromatic heterocycles. The van der Waals surface area contributed by atoms with Crippen LogP contribution in [-0.2, 0) is 55.4 Å². The summed E-state index contributed by atoms with van der Waals surface area (Å²) in [4.78, 5) is 24.3. The van der Waals surface area contributed by atoms with E-state index < -0.39 is 41.4 Å². The van der Waals surface area contributed by atoms with Crippen molar-refractivity contribution in [3.8, 4) is 0 Å². The molecule has 1 aromatic carbocycles. The third-order valence-corrected chi connectivity index (χ3v) is 20.0. The number of hydrogen-bond acceptors (Lipinski definition) is 7. The maximum Gasteiger partial charge on any atom is 0.360 e. The molecule has 199 valence electrons. The van der Waals surface area contributed by atoms with Crippen LogP contribution in [0.25, 0.3) is 0 Å². The summed E-state index contributed by atoms with van der Waals surface area (Å²) in [7, 11) is -6.68. The minimum atomic E-state index is -2.63. The van der Waals surface area contributed by atoms with E-state index in [9.17, 15) is 9.69 Å². The van der Waals surface area contributed by atoms with E-state index in [1.807, 2.05) is 37.7 Å². The number of benzene rings is 1. The van der Waals surface area contributed by atoms with Crippen LogP contribution in [0.3, 0.4) is 0 Å². The molecular weight excluding hydrogens is 568 g/mol. The van der Waals surface area contributed by atoms with Crippen molar-refractivity contribution in [1.82, 2.24) is 0 Å². The first kappa shape index (κ1) is 33.2. The standard InChI is InChI=1S/C22H42O6PS2Si4/c1-19(18-35(9,28-34(6,7)8)27-32(2)26-33(3,4)5)22(23)25-16-14-20-10-12-21(13-11-20)15-17-29(24)31-30/h10-13,19H,14-18H2,1-9H3. The van der Waals surface area contributed by atoms with Crippen molar-refractivity contribution in [3.05, 3.63) is 35.4 Å². The zero-order valence-corrected chi connectivity index (χ0v) is 29.2. The van der Waals surface area contributed by atoms with Gasteiger partial charge in [0.05, 0.1) is 12.5 Å². The van der Waals surface area contributed by atoms with Crippen LogP contribution in [-0.4, -0.2) is 53.2 Å². The Morgan fingerprint density at radius 3 is 2.06 bits per heavy atom. The molecule has 0 heterocycles. The third kappa shape index (κ3) is 15.2. The van der Waals surface area contributed by atoms with Gasteiger partial charge in [0.25, 0.3) is 0 Å². The van der Waals surface area contributed by atoms with Gasteiger partial charge in [-0.15, -0.1) is 0 Å². The van der Waals surface area contributed by atoms with Crippen molar-refractivity contribution in [2.75, 3.05) is 12.8 Å². The van der Waals surface area contributed by atoms with Crippen LogP contribution >= 0.6 is 6.92 Å². The largest absolute Gasteiger partial charge is 0.620 e. The Morgan fingerprint density at radius 1 is 1.03 bits per heavy atom. The average molecular weight is 610 g/mol. The first-order chi connectivity index (χ1) is 16.0. The highest BCUT2D eigenvalue weighted by Crippen LogP contribution is 2.26. The summed E-state index contributed by atoms with van der Waals surface area (Å²) in [5, 5.41) is 0. The normalized spacial score (nSPS) is 15.5. The number of carbonyl (C=O) groups excluding carboxylic acids is 1. The number of aryl methyl sites for hydroxylation is 1. The second-order valence-electron chi connectivity index (χ2n) is 10.9. The maximum atomic E-state index is 12.8. The molecule has 0 aliphatic carbocycles. The van der Waals surface area contributed by atoms with Crippen molar-refractivity contribution in [2.45, 2.75) is 78.2 Å². The van der Waals surface area contributed by atoms with Gasteiger partial charge in [-0.25, -0.2) is 0 Å². The van der Waals surface area contributed by atoms with Gasteiger partial charge in [0.2, 0.25) is 0 Å². The van der Waals surface area contributed by atoms with Crippen molar-refractivity contribution >= 4 is 68.1 Å². The molecule has 0 bridgehead atoms. The van der Waals surface area contributed by atoms with Gasteiger partial charge in [-0.3, -0.25) is 4.79 Å². The van der Waals surface area contributed by atoms with E-state index in [0.29, 0.717) is 25.2 Å².